The van der Waals surface area contributed by atoms with E-state index in [9.17, 15) is 4.79 Å². The number of anilines is 2. The molecule has 1 N–H and O–H groups in total. The molecule has 1 aliphatic heterocycles. The summed E-state index contributed by atoms with van der Waals surface area (Å²) in [7, 11) is 3.82. The van der Waals surface area contributed by atoms with Gasteiger partial charge in [-0.3, -0.25) is 4.79 Å². The van der Waals surface area contributed by atoms with Gasteiger partial charge in [-0.2, -0.15) is 0 Å². The first-order valence-electron chi connectivity index (χ1n) is 8.32. The number of rotatable bonds is 5. The zero-order valence-corrected chi connectivity index (χ0v) is 15.6. The average Bonchev–Trinajstić information content (AvgIpc) is 3.07. The Balaban J connectivity index is 1.74. The summed E-state index contributed by atoms with van der Waals surface area (Å²) in [6.45, 7) is 3.87. The number of amides is 1. The summed E-state index contributed by atoms with van der Waals surface area (Å²) in [6, 6.07) is 1.89. The van der Waals surface area contributed by atoms with E-state index in [1.165, 1.54) is 11.3 Å². The molecule has 0 bridgehead atoms. The molecular formula is C16H23N7OS. The van der Waals surface area contributed by atoms with Gasteiger partial charge in [-0.15, -0.1) is 10.2 Å². The van der Waals surface area contributed by atoms with Gasteiger partial charge in [0.05, 0.1) is 6.54 Å². The van der Waals surface area contributed by atoms with Crippen LogP contribution in [0, 0.1) is 6.92 Å². The predicted molar refractivity (Wildman–Crippen MR) is 97.1 cm³/mol. The molecule has 0 radical (unpaired) electrons. The lowest BCUT2D eigenvalue weighted by Gasteiger charge is -2.33. The number of hydrogen-bond donors (Lipinski definition) is 1. The molecule has 8 nitrogen and oxygen atoms in total. The largest absolute Gasteiger partial charge is 0.341 e. The van der Waals surface area contributed by atoms with Crippen LogP contribution in [0.5, 0.6) is 0 Å². The number of nitrogens with zero attached hydrogens (tertiary/aromatic N) is 6. The van der Waals surface area contributed by atoms with E-state index < -0.39 is 0 Å². The van der Waals surface area contributed by atoms with Crippen LogP contribution in [0.4, 0.5) is 10.9 Å². The molecule has 1 aliphatic rings. The van der Waals surface area contributed by atoms with Crippen molar-refractivity contribution >= 4 is 28.2 Å². The molecule has 0 saturated carbocycles. The van der Waals surface area contributed by atoms with Gasteiger partial charge in [0.2, 0.25) is 11.0 Å². The monoisotopic (exact) mass is 361 g/mol. The van der Waals surface area contributed by atoms with Gasteiger partial charge in [0.1, 0.15) is 17.2 Å². The summed E-state index contributed by atoms with van der Waals surface area (Å²) in [4.78, 5) is 25.4. The molecule has 0 unspecified atom stereocenters. The van der Waals surface area contributed by atoms with E-state index in [0.717, 1.165) is 36.7 Å². The van der Waals surface area contributed by atoms with Crippen molar-refractivity contribution in [2.45, 2.75) is 25.7 Å². The number of likely N-dealkylation sites (tertiary alicyclic amines) is 1. The van der Waals surface area contributed by atoms with E-state index in [1.54, 1.807) is 5.51 Å². The third-order valence-electron chi connectivity index (χ3n) is 4.06. The molecule has 1 amide bonds. The van der Waals surface area contributed by atoms with E-state index in [4.69, 9.17) is 0 Å². The maximum absolute atomic E-state index is 12.3. The second-order valence-corrected chi connectivity index (χ2v) is 7.37. The van der Waals surface area contributed by atoms with Crippen LogP contribution in [0.15, 0.2) is 11.6 Å². The number of nitrogens with one attached hydrogen (secondary N) is 1. The molecule has 0 aromatic carbocycles. The van der Waals surface area contributed by atoms with Gasteiger partial charge in [0.25, 0.3) is 0 Å². The van der Waals surface area contributed by atoms with Crippen molar-refractivity contribution in [3.8, 4) is 0 Å². The first-order valence-corrected chi connectivity index (χ1v) is 9.20. The molecule has 9 heteroatoms. The Morgan fingerprint density at radius 3 is 3.00 bits per heavy atom. The maximum atomic E-state index is 12.3. The van der Waals surface area contributed by atoms with Crippen LogP contribution in [0.3, 0.4) is 0 Å². The van der Waals surface area contributed by atoms with Crippen LogP contribution >= 0.6 is 11.3 Å². The molecule has 0 aliphatic carbocycles. The van der Waals surface area contributed by atoms with Gasteiger partial charge >= 0.3 is 0 Å². The van der Waals surface area contributed by atoms with Gasteiger partial charge in [0, 0.05) is 30.8 Å². The molecule has 1 saturated heterocycles. The minimum Gasteiger partial charge on any atom is -0.341 e. The summed E-state index contributed by atoms with van der Waals surface area (Å²) < 4.78 is 0. The van der Waals surface area contributed by atoms with Crippen molar-refractivity contribution < 1.29 is 4.79 Å². The highest BCUT2D eigenvalue weighted by Gasteiger charge is 2.27. The normalized spacial score (nSPS) is 17.8. The second kappa shape index (κ2) is 7.83. The van der Waals surface area contributed by atoms with Crippen LogP contribution < -0.4 is 5.32 Å². The number of likely N-dealkylation sites (N-methyl/N-ethyl adjacent to an activating group) is 1. The molecule has 1 atom stereocenters. The van der Waals surface area contributed by atoms with Gasteiger partial charge in [-0.1, -0.05) is 11.3 Å². The van der Waals surface area contributed by atoms with Crippen LogP contribution in [-0.4, -0.2) is 69.6 Å². The smallest absolute Gasteiger partial charge is 0.236 e. The lowest BCUT2D eigenvalue weighted by molar-refractivity contribution is -0.133. The van der Waals surface area contributed by atoms with Gasteiger partial charge in [0.15, 0.2) is 0 Å². The summed E-state index contributed by atoms with van der Waals surface area (Å²) in [5.41, 5.74) is 2.57. The molecule has 2 aromatic rings. The second-order valence-electron chi connectivity index (χ2n) is 6.54. The topological polar surface area (TPSA) is 87.1 Å². The Morgan fingerprint density at radius 1 is 1.44 bits per heavy atom. The molecule has 0 spiro atoms. The number of aryl methyl sites for hydroxylation is 1. The summed E-state index contributed by atoms with van der Waals surface area (Å²) in [6.07, 6.45) is 1.97. The number of hydrogen-bond acceptors (Lipinski definition) is 8. The highest BCUT2D eigenvalue weighted by atomic mass is 32.1. The predicted octanol–water partition coefficient (Wildman–Crippen LogP) is 1.65. The molecule has 25 heavy (non-hydrogen) atoms. The van der Waals surface area contributed by atoms with Crippen LogP contribution in [0.25, 0.3) is 0 Å². The van der Waals surface area contributed by atoms with Gasteiger partial charge in [-0.05, 0) is 33.9 Å². The van der Waals surface area contributed by atoms with Crippen molar-refractivity contribution in [3.05, 3.63) is 23.1 Å². The first-order chi connectivity index (χ1) is 12.0. The fraction of sp³-hybridized carbons (Fsp3) is 0.562. The molecule has 134 valence electrons. The summed E-state index contributed by atoms with van der Waals surface area (Å²) in [5.74, 6) is 1.83. The Hall–Kier alpha value is -2.13. The molecular weight excluding hydrogens is 338 g/mol. The van der Waals surface area contributed by atoms with Crippen molar-refractivity contribution in [3.63, 3.8) is 0 Å². The first kappa shape index (κ1) is 17.7. The lowest BCUT2D eigenvalue weighted by atomic mass is 9.97. The quantitative estimate of drug-likeness (QED) is 0.866. The van der Waals surface area contributed by atoms with Gasteiger partial charge < -0.3 is 15.1 Å². The number of aromatic nitrogens is 4. The van der Waals surface area contributed by atoms with Crippen LogP contribution in [-0.2, 0) is 4.79 Å². The van der Waals surface area contributed by atoms with Crippen molar-refractivity contribution in [2.75, 3.05) is 39.0 Å². The standard InChI is InChI=1S/C16H23N7OS/c1-11-7-13(20-16-21-17-10-25-16)19-15(18-11)12-5-4-6-23(8-12)14(24)9-22(2)3/h7,10,12H,4-6,8-9H2,1-3H3,(H,18,19,20,21)/t12-/m0/s1. The fourth-order valence-corrected chi connectivity index (χ4v) is 3.41. The number of piperidine rings is 1. The maximum Gasteiger partial charge on any atom is 0.236 e. The third-order valence-corrected chi connectivity index (χ3v) is 4.66. The van der Waals surface area contributed by atoms with Crippen molar-refractivity contribution in [2.24, 2.45) is 0 Å². The highest BCUT2D eigenvalue weighted by Crippen LogP contribution is 2.26. The van der Waals surface area contributed by atoms with Gasteiger partial charge in [-0.25, -0.2) is 9.97 Å². The number of carbonyl (C=O) groups is 1. The fourth-order valence-electron chi connectivity index (χ4n) is 2.96. The van der Waals surface area contributed by atoms with Crippen LogP contribution in [0.1, 0.15) is 30.3 Å². The van der Waals surface area contributed by atoms with E-state index in [-0.39, 0.29) is 11.8 Å². The SMILES string of the molecule is Cc1cc(Nc2nncs2)nc([C@H]2CCCN(C(=O)CN(C)C)C2)n1. The van der Waals surface area contributed by atoms with Crippen LogP contribution in [0.2, 0.25) is 0 Å². The van der Waals surface area contributed by atoms with Crippen molar-refractivity contribution in [1.82, 2.24) is 30.0 Å². The van der Waals surface area contributed by atoms with E-state index in [2.05, 4.69) is 25.5 Å². The van der Waals surface area contributed by atoms with E-state index in [1.807, 2.05) is 36.9 Å². The molecule has 3 heterocycles. The Bertz CT molecular complexity index is 719. The zero-order chi connectivity index (χ0) is 17.8. The molecule has 3 rings (SSSR count). The number of carbonyl (C=O) groups excluding carboxylic acids is 1. The minimum absolute atomic E-state index is 0.162. The highest BCUT2D eigenvalue weighted by molar-refractivity contribution is 7.13. The third kappa shape index (κ3) is 4.70. The molecule has 1 fully saturated rings. The Kier molecular flexibility index (Phi) is 5.54. The van der Waals surface area contributed by atoms with E-state index >= 15 is 0 Å². The molecule has 2 aromatic heterocycles. The zero-order valence-electron chi connectivity index (χ0n) is 14.8. The Labute approximate surface area is 151 Å². The van der Waals surface area contributed by atoms with E-state index in [0.29, 0.717) is 18.2 Å². The minimum atomic E-state index is 0.162. The summed E-state index contributed by atoms with van der Waals surface area (Å²) >= 11 is 1.42. The van der Waals surface area contributed by atoms with Crippen molar-refractivity contribution in [1.29, 1.82) is 0 Å². The Morgan fingerprint density at radius 2 is 2.28 bits per heavy atom. The average molecular weight is 361 g/mol. The lowest BCUT2D eigenvalue weighted by Crippen LogP contribution is -2.43. The summed E-state index contributed by atoms with van der Waals surface area (Å²) in [5, 5.41) is 11.7.